The van der Waals surface area contributed by atoms with Crippen molar-refractivity contribution in [3.05, 3.63) is 81.3 Å². The second-order valence-electron chi connectivity index (χ2n) is 7.94. The van der Waals surface area contributed by atoms with Crippen molar-refractivity contribution in [1.29, 1.82) is 0 Å². The Kier molecular flexibility index (Phi) is 7.83. The first-order valence-electron chi connectivity index (χ1n) is 10.6. The summed E-state index contributed by atoms with van der Waals surface area (Å²) in [4.78, 5) is 52.2. The number of furan rings is 1. The molecule has 200 valence electrons. The standard InChI is InChI=1S/C20H22N2O13P2/c23-16-8-9-21(19-18(25)17(24)15(34-19)11-32-37(30,31)35-36(27,28)29)20(26)22(16)10-13-6-7-14(33-13)12-4-2-1-3-5-12/h1-9,15,17-19,24-25H,10-11H2,(H,30,31)(H2,27,28,29)/t15-,17?,18+,19-/m1/s1. The molecule has 0 saturated carbocycles. The van der Waals surface area contributed by atoms with Gasteiger partial charge >= 0.3 is 21.3 Å². The zero-order valence-corrected chi connectivity index (χ0v) is 20.5. The van der Waals surface area contributed by atoms with E-state index in [9.17, 15) is 33.8 Å². The first-order chi connectivity index (χ1) is 17.3. The molecule has 3 heterocycles. The number of aliphatic hydroxyl groups is 2. The van der Waals surface area contributed by atoms with Crippen LogP contribution in [-0.4, -0.2) is 58.9 Å². The Labute approximate surface area is 207 Å². The highest BCUT2D eigenvalue weighted by molar-refractivity contribution is 7.60. The molecule has 2 aromatic heterocycles. The second kappa shape index (κ2) is 10.6. The van der Waals surface area contributed by atoms with Crippen LogP contribution < -0.4 is 11.2 Å². The quantitative estimate of drug-likeness (QED) is 0.221. The van der Waals surface area contributed by atoms with Gasteiger partial charge in [-0.05, 0) is 12.1 Å². The predicted molar refractivity (Wildman–Crippen MR) is 123 cm³/mol. The Morgan fingerprint density at radius 3 is 2.32 bits per heavy atom. The Bertz CT molecular complexity index is 1460. The molecule has 0 aliphatic carbocycles. The molecule has 4 rings (SSSR count). The number of benzene rings is 1. The average Bonchev–Trinajstić information content (AvgIpc) is 3.40. The molecule has 5 atom stereocenters. The van der Waals surface area contributed by atoms with Crippen LogP contribution in [0, 0.1) is 0 Å². The number of phosphoric acid groups is 2. The Morgan fingerprint density at radius 1 is 0.946 bits per heavy atom. The van der Waals surface area contributed by atoms with E-state index in [0.717, 1.165) is 27.0 Å². The molecule has 1 saturated heterocycles. The Balaban J connectivity index is 1.52. The smallest absolute Gasteiger partial charge is 0.459 e. The van der Waals surface area contributed by atoms with Gasteiger partial charge in [-0.25, -0.2) is 13.9 Å². The zero-order chi connectivity index (χ0) is 27.0. The third kappa shape index (κ3) is 6.43. The summed E-state index contributed by atoms with van der Waals surface area (Å²) >= 11 is 0. The molecule has 0 radical (unpaired) electrons. The number of aliphatic hydroxyl groups excluding tert-OH is 2. The lowest BCUT2D eigenvalue weighted by Crippen LogP contribution is -2.43. The number of phosphoric ester groups is 1. The van der Waals surface area contributed by atoms with Gasteiger partial charge in [0.15, 0.2) is 6.23 Å². The van der Waals surface area contributed by atoms with Gasteiger partial charge in [-0.15, -0.1) is 0 Å². The van der Waals surface area contributed by atoms with Crippen LogP contribution in [-0.2, 0) is 29.2 Å². The minimum Gasteiger partial charge on any atom is -0.459 e. The van der Waals surface area contributed by atoms with E-state index in [2.05, 4.69) is 8.83 Å². The molecule has 1 aliphatic rings. The van der Waals surface area contributed by atoms with E-state index in [1.807, 2.05) is 30.3 Å². The normalized spacial score (nSPS) is 23.7. The van der Waals surface area contributed by atoms with E-state index in [4.69, 9.17) is 18.9 Å². The SMILES string of the molecule is O=c1ccn([C@@H]2O[C@H](COP(=O)(O)OP(=O)(O)O)C(O)[C@@H]2O)c(=O)n1Cc1ccc(-c2ccccc2)o1. The number of ether oxygens (including phenoxy) is 1. The molecular formula is C20H22N2O13P2. The number of rotatable bonds is 9. The highest BCUT2D eigenvalue weighted by Gasteiger charge is 2.46. The van der Waals surface area contributed by atoms with Crippen LogP contribution in [0.5, 0.6) is 0 Å². The van der Waals surface area contributed by atoms with Gasteiger partial charge in [0.05, 0.1) is 13.2 Å². The van der Waals surface area contributed by atoms with Crippen molar-refractivity contribution < 1.29 is 52.0 Å². The number of hydrogen-bond acceptors (Lipinski definition) is 10. The van der Waals surface area contributed by atoms with Crippen LogP contribution in [0.2, 0.25) is 0 Å². The summed E-state index contributed by atoms with van der Waals surface area (Å²) in [5.41, 5.74) is -0.807. The fourth-order valence-electron chi connectivity index (χ4n) is 3.67. The zero-order valence-electron chi connectivity index (χ0n) is 18.7. The van der Waals surface area contributed by atoms with Gasteiger partial charge in [-0.1, -0.05) is 30.3 Å². The van der Waals surface area contributed by atoms with Crippen molar-refractivity contribution >= 4 is 15.6 Å². The van der Waals surface area contributed by atoms with Crippen molar-refractivity contribution in [3.8, 4) is 11.3 Å². The summed E-state index contributed by atoms with van der Waals surface area (Å²) in [6, 6.07) is 13.4. The van der Waals surface area contributed by atoms with E-state index in [0.29, 0.717) is 11.5 Å². The van der Waals surface area contributed by atoms with Crippen LogP contribution >= 0.6 is 15.6 Å². The minimum atomic E-state index is -5.37. The van der Waals surface area contributed by atoms with Crippen LogP contribution in [0.3, 0.4) is 0 Å². The molecule has 3 aromatic rings. The largest absolute Gasteiger partial charge is 0.481 e. The monoisotopic (exact) mass is 560 g/mol. The Hall–Kier alpha value is -2.68. The first kappa shape index (κ1) is 27.4. The molecule has 0 bridgehead atoms. The third-order valence-electron chi connectivity index (χ3n) is 5.35. The molecule has 1 fully saturated rings. The van der Waals surface area contributed by atoms with Gasteiger partial charge in [0.25, 0.3) is 5.56 Å². The summed E-state index contributed by atoms with van der Waals surface area (Å²) in [7, 11) is -10.6. The van der Waals surface area contributed by atoms with Crippen molar-refractivity contribution in [2.75, 3.05) is 6.61 Å². The maximum absolute atomic E-state index is 13.1. The van der Waals surface area contributed by atoms with Crippen molar-refractivity contribution in [2.45, 2.75) is 31.1 Å². The van der Waals surface area contributed by atoms with E-state index < -0.39 is 58.0 Å². The fraction of sp³-hybridized carbons (Fsp3) is 0.300. The third-order valence-corrected chi connectivity index (χ3v) is 7.50. The second-order valence-corrected chi connectivity index (χ2v) is 10.8. The number of aromatic nitrogens is 2. The summed E-state index contributed by atoms with van der Waals surface area (Å²) in [6.45, 7) is -1.19. The molecule has 0 amide bonds. The van der Waals surface area contributed by atoms with Gasteiger partial charge < -0.3 is 34.0 Å². The van der Waals surface area contributed by atoms with E-state index in [1.165, 1.54) is 0 Å². The Morgan fingerprint density at radius 2 is 1.65 bits per heavy atom. The molecule has 5 N–H and O–H groups in total. The van der Waals surface area contributed by atoms with Gasteiger partial charge in [0.2, 0.25) is 0 Å². The van der Waals surface area contributed by atoms with Crippen LogP contribution in [0.25, 0.3) is 11.3 Å². The average molecular weight is 560 g/mol. The van der Waals surface area contributed by atoms with E-state index in [-0.39, 0.29) is 6.54 Å². The fourth-order valence-corrected chi connectivity index (χ4v) is 5.27. The lowest BCUT2D eigenvalue weighted by Gasteiger charge is -2.19. The van der Waals surface area contributed by atoms with Crippen molar-refractivity contribution in [3.63, 3.8) is 0 Å². The van der Waals surface area contributed by atoms with Crippen LogP contribution in [0.15, 0.2) is 68.7 Å². The highest BCUT2D eigenvalue weighted by atomic mass is 31.3. The highest BCUT2D eigenvalue weighted by Crippen LogP contribution is 2.57. The number of hydrogen-bond donors (Lipinski definition) is 5. The summed E-state index contributed by atoms with van der Waals surface area (Å²) < 4.78 is 43.3. The van der Waals surface area contributed by atoms with Crippen molar-refractivity contribution in [1.82, 2.24) is 9.13 Å². The number of nitrogens with zero attached hydrogens (tertiary/aromatic N) is 2. The maximum atomic E-state index is 13.1. The molecule has 2 unspecified atom stereocenters. The van der Waals surface area contributed by atoms with Crippen molar-refractivity contribution in [2.24, 2.45) is 0 Å². The summed E-state index contributed by atoms with van der Waals surface area (Å²) in [5, 5.41) is 20.7. The van der Waals surface area contributed by atoms with E-state index >= 15 is 0 Å². The molecule has 15 nitrogen and oxygen atoms in total. The van der Waals surface area contributed by atoms with Crippen LogP contribution in [0.4, 0.5) is 0 Å². The van der Waals surface area contributed by atoms with Gasteiger partial charge in [0, 0.05) is 17.8 Å². The van der Waals surface area contributed by atoms with Gasteiger partial charge in [-0.3, -0.25) is 18.5 Å². The summed E-state index contributed by atoms with van der Waals surface area (Å²) in [5.74, 6) is 0.808. The molecule has 1 aromatic carbocycles. The molecule has 37 heavy (non-hydrogen) atoms. The molecule has 0 spiro atoms. The minimum absolute atomic E-state index is 0.253. The molecule has 1 aliphatic heterocycles. The lowest BCUT2D eigenvalue weighted by atomic mass is 10.1. The van der Waals surface area contributed by atoms with Gasteiger partial charge in [-0.2, -0.15) is 4.31 Å². The molecular weight excluding hydrogens is 538 g/mol. The van der Waals surface area contributed by atoms with E-state index in [1.54, 1.807) is 12.1 Å². The topological polar surface area (TPSA) is 220 Å². The first-order valence-corrected chi connectivity index (χ1v) is 13.6. The summed E-state index contributed by atoms with van der Waals surface area (Å²) in [6.07, 6.45) is -5.50. The predicted octanol–water partition coefficient (Wildman–Crippen LogP) is 0.164. The van der Waals surface area contributed by atoms with Crippen LogP contribution in [0.1, 0.15) is 12.0 Å². The maximum Gasteiger partial charge on any atom is 0.481 e. The molecule has 17 heteroatoms. The lowest BCUT2D eigenvalue weighted by molar-refractivity contribution is -0.0547. The van der Waals surface area contributed by atoms with Gasteiger partial charge in [0.1, 0.15) is 29.8 Å².